The zero-order chi connectivity index (χ0) is 12.8. The molecule has 0 unspecified atom stereocenters. The molecule has 1 atom stereocenters. The lowest BCUT2D eigenvalue weighted by molar-refractivity contribution is -0.138. The predicted octanol–water partition coefficient (Wildman–Crippen LogP) is 0.470. The third-order valence-corrected chi connectivity index (χ3v) is 2.32. The number of Topliss-reactive ketones (excluding diaryl/α,β-unsaturated/α-hetero) is 1. The van der Waals surface area contributed by atoms with Crippen molar-refractivity contribution in [2.24, 2.45) is 5.73 Å². The van der Waals surface area contributed by atoms with Crippen molar-refractivity contribution in [3.63, 3.8) is 0 Å². The number of aliphatic carboxylic acids is 1. The molecule has 0 amide bonds. The van der Waals surface area contributed by atoms with Crippen LogP contribution in [-0.2, 0) is 16.0 Å². The van der Waals surface area contributed by atoms with Gasteiger partial charge in [0.25, 0.3) is 0 Å². The van der Waals surface area contributed by atoms with Gasteiger partial charge in [-0.1, -0.05) is 24.3 Å². The Bertz CT molecular complexity index is 399. The standard InChI is InChI=1S/C12H15NO4/c1-17-7-11(14)9-4-2-8(3-5-9)6-10(13)12(15)16/h2-5,10H,6-7,13H2,1H3,(H,15,16)/t10-/m0/s1. The summed E-state index contributed by atoms with van der Waals surface area (Å²) in [5.74, 6) is -1.15. The summed E-state index contributed by atoms with van der Waals surface area (Å²) >= 11 is 0. The predicted molar refractivity (Wildman–Crippen MR) is 62.0 cm³/mol. The van der Waals surface area contributed by atoms with Crippen LogP contribution in [0, 0.1) is 0 Å². The number of carbonyl (C=O) groups is 2. The maximum atomic E-state index is 11.4. The van der Waals surface area contributed by atoms with E-state index in [1.54, 1.807) is 24.3 Å². The van der Waals surface area contributed by atoms with Crippen molar-refractivity contribution in [1.82, 2.24) is 0 Å². The summed E-state index contributed by atoms with van der Waals surface area (Å²) in [6.07, 6.45) is 0.244. The number of rotatable bonds is 6. The molecule has 0 aliphatic rings. The fourth-order valence-electron chi connectivity index (χ4n) is 1.38. The number of ether oxygens (including phenoxy) is 1. The molecule has 0 saturated carbocycles. The number of ketones is 1. The van der Waals surface area contributed by atoms with Gasteiger partial charge >= 0.3 is 5.97 Å². The van der Waals surface area contributed by atoms with Gasteiger partial charge < -0.3 is 15.6 Å². The second-order valence-electron chi connectivity index (χ2n) is 3.70. The maximum Gasteiger partial charge on any atom is 0.320 e. The third-order valence-electron chi connectivity index (χ3n) is 2.32. The summed E-state index contributed by atoms with van der Waals surface area (Å²) in [6.45, 7) is 0.0357. The monoisotopic (exact) mass is 237 g/mol. The van der Waals surface area contributed by atoms with Crippen LogP contribution in [0.3, 0.4) is 0 Å². The topological polar surface area (TPSA) is 89.6 Å². The molecule has 0 fully saturated rings. The first-order valence-electron chi connectivity index (χ1n) is 5.14. The van der Waals surface area contributed by atoms with Gasteiger partial charge in [0.05, 0.1) is 0 Å². The number of methoxy groups -OCH3 is 1. The smallest absolute Gasteiger partial charge is 0.320 e. The van der Waals surface area contributed by atoms with Gasteiger partial charge in [-0.3, -0.25) is 9.59 Å². The number of benzene rings is 1. The van der Waals surface area contributed by atoms with E-state index >= 15 is 0 Å². The molecule has 5 heteroatoms. The maximum absolute atomic E-state index is 11.4. The number of nitrogens with two attached hydrogens (primary N) is 1. The summed E-state index contributed by atoms with van der Waals surface area (Å²) in [5, 5.41) is 8.66. The van der Waals surface area contributed by atoms with Crippen LogP contribution in [0.1, 0.15) is 15.9 Å². The van der Waals surface area contributed by atoms with Gasteiger partial charge in [0, 0.05) is 12.7 Å². The van der Waals surface area contributed by atoms with E-state index < -0.39 is 12.0 Å². The van der Waals surface area contributed by atoms with Crippen molar-refractivity contribution in [3.05, 3.63) is 35.4 Å². The van der Waals surface area contributed by atoms with Crippen molar-refractivity contribution < 1.29 is 19.4 Å². The molecule has 0 aliphatic heterocycles. The van der Waals surface area contributed by atoms with E-state index in [-0.39, 0.29) is 18.8 Å². The first kappa shape index (κ1) is 13.3. The highest BCUT2D eigenvalue weighted by Gasteiger charge is 2.12. The lowest BCUT2D eigenvalue weighted by Crippen LogP contribution is -2.32. The highest BCUT2D eigenvalue weighted by atomic mass is 16.5. The minimum absolute atomic E-state index is 0.0357. The molecule has 0 aliphatic carbocycles. The molecule has 0 bridgehead atoms. The first-order chi connectivity index (χ1) is 8.04. The molecule has 0 radical (unpaired) electrons. The fraction of sp³-hybridized carbons (Fsp3) is 0.333. The van der Waals surface area contributed by atoms with E-state index in [1.807, 2.05) is 0 Å². The van der Waals surface area contributed by atoms with E-state index in [0.29, 0.717) is 5.56 Å². The van der Waals surface area contributed by atoms with Crippen molar-refractivity contribution in [2.75, 3.05) is 13.7 Å². The van der Waals surface area contributed by atoms with Crippen LogP contribution in [-0.4, -0.2) is 36.6 Å². The van der Waals surface area contributed by atoms with Crippen molar-refractivity contribution in [2.45, 2.75) is 12.5 Å². The van der Waals surface area contributed by atoms with Crippen LogP contribution in [0.25, 0.3) is 0 Å². The second-order valence-corrected chi connectivity index (χ2v) is 3.70. The quantitative estimate of drug-likeness (QED) is 0.702. The highest BCUT2D eigenvalue weighted by Crippen LogP contribution is 2.07. The van der Waals surface area contributed by atoms with E-state index in [0.717, 1.165) is 5.56 Å². The summed E-state index contributed by atoms with van der Waals surface area (Å²) < 4.78 is 4.74. The van der Waals surface area contributed by atoms with Gasteiger partial charge in [0.15, 0.2) is 5.78 Å². The Kier molecular flexibility index (Phi) is 4.81. The summed E-state index contributed by atoms with van der Waals surface area (Å²) in [6, 6.07) is 5.77. The molecular formula is C12H15NO4. The zero-order valence-electron chi connectivity index (χ0n) is 9.55. The number of carbonyl (C=O) groups excluding carboxylic acids is 1. The average Bonchev–Trinajstić information content (AvgIpc) is 2.30. The van der Waals surface area contributed by atoms with E-state index in [9.17, 15) is 9.59 Å². The van der Waals surface area contributed by atoms with Crippen LogP contribution in [0.4, 0.5) is 0 Å². The van der Waals surface area contributed by atoms with Crippen LogP contribution in [0.15, 0.2) is 24.3 Å². The van der Waals surface area contributed by atoms with E-state index in [4.69, 9.17) is 15.6 Å². The van der Waals surface area contributed by atoms with Crippen molar-refractivity contribution in [3.8, 4) is 0 Å². The van der Waals surface area contributed by atoms with Gasteiger partial charge in [-0.2, -0.15) is 0 Å². The van der Waals surface area contributed by atoms with Gasteiger partial charge in [-0.05, 0) is 12.0 Å². The molecule has 92 valence electrons. The molecule has 5 nitrogen and oxygen atoms in total. The average molecular weight is 237 g/mol. The summed E-state index contributed by atoms with van der Waals surface area (Å²) in [7, 11) is 1.46. The van der Waals surface area contributed by atoms with Gasteiger partial charge in [-0.15, -0.1) is 0 Å². The van der Waals surface area contributed by atoms with Gasteiger partial charge in [0.2, 0.25) is 0 Å². The van der Waals surface area contributed by atoms with Crippen LogP contribution >= 0.6 is 0 Å². The minimum Gasteiger partial charge on any atom is -0.480 e. The van der Waals surface area contributed by atoms with Crippen LogP contribution in [0.2, 0.25) is 0 Å². The Morgan fingerprint density at radius 3 is 2.41 bits per heavy atom. The molecule has 3 N–H and O–H groups in total. The molecule has 0 aromatic heterocycles. The Hall–Kier alpha value is -1.72. The van der Waals surface area contributed by atoms with Crippen LogP contribution < -0.4 is 5.73 Å². The molecule has 0 saturated heterocycles. The third kappa shape index (κ3) is 3.97. The fourth-order valence-corrected chi connectivity index (χ4v) is 1.38. The molecule has 0 heterocycles. The number of hydrogen-bond donors (Lipinski definition) is 2. The van der Waals surface area contributed by atoms with Crippen molar-refractivity contribution >= 4 is 11.8 Å². The van der Waals surface area contributed by atoms with Crippen LogP contribution in [0.5, 0.6) is 0 Å². The lowest BCUT2D eigenvalue weighted by atomic mass is 10.0. The Morgan fingerprint density at radius 2 is 1.94 bits per heavy atom. The van der Waals surface area contributed by atoms with E-state index in [1.165, 1.54) is 7.11 Å². The Balaban J connectivity index is 2.68. The normalized spacial score (nSPS) is 12.1. The molecule has 1 aromatic carbocycles. The molecule has 0 spiro atoms. The lowest BCUT2D eigenvalue weighted by Gasteiger charge is -2.07. The summed E-state index contributed by atoms with van der Waals surface area (Å²) in [4.78, 5) is 22.0. The van der Waals surface area contributed by atoms with Gasteiger partial charge in [-0.25, -0.2) is 0 Å². The van der Waals surface area contributed by atoms with Crippen molar-refractivity contribution in [1.29, 1.82) is 0 Å². The molecule has 1 rings (SSSR count). The minimum atomic E-state index is -1.04. The number of carboxylic acid groups (broad SMARTS) is 1. The van der Waals surface area contributed by atoms with E-state index in [2.05, 4.69) is 0 Å². The Labute approximate surface area is 99.2 Å². The molecule has 1 aromatic rings. The zero-order valence-corrected chi connectivity index (χ0v) is 9.55. The molecule has 17 heavy (non-hydrogen) atoms. The summed E-state index contributed by atoms with van der Waals surface area (Å²) in [5.41, 5.74) is 6.73. The Morgan fingerprint density at radius 1 is 1.35 bits per heavy atom. The highest BCUT2D eigenvalue weighted by molar-refractivity contribution is 5.97. The molecular weight excluding hydrogens is 222 g/mol. The largest absolute Gasteiger partial charge is 0.480 e. The first-order valence-corrected chi connectivity index (χ1v) is 5.14. The number of carboxylic acids is 1. The SMILES string of the molecule is COCC(=O)c1ccc(C[C@H](N)C(=O)O)cc1. The number of hydrogen-bond acceptors (Lipinski definition) is 4. The van der Waals surface area contributed by atoms with Gasteiger partial charge in [0.1, 0.15) is 12.6 Å². The second kappa shape index (κ2) is 6.12.